The van der Waals surface area contributed by atoms with Crippen molar-refractivity contribution in [2.45, 2.75) is 31.9 Å². The van der Waals surface area contributed by atoms with Gasteiger partial charge in [-0.1, -0.05) is 12.1 Å². The molecule has 0 bridgehead atoms. The van der Waals surface area contributed by atoms with E-state index in [9.17, 15) is 27.9 Å². The molecule has 1 aromatic carbocycles. The third-order valence-electron chi connectivity index (χ3n) is 3.87. The van der Waals surface area contributed by atoms with Gasteiger partial charge in [-0.05, 0) is 17.7 Å². The molecule has 1 aliphatic rings. The van der Waals surface area contributed by atoms with Gasteiger partial charge in [-0.2, -0.15) is 0 Å². The number of alkyl halides is 3. The summed E-state index contributed by atoms with van der Waals surface area (Å²) in [6, 6.07) is 3.76. The number of carbonyl (C=O) groups is 2. The highest BCUT2D eigenvalue weighted by atomic mass is 19.4. The van der Waals surface area contributed by atoms with Crippen LogP contribution in [-0.2, 0) is 29.1 Å². The van der Waals surface area contributed by atoms with Gasteiger partial charge >= 0.3 is 12.3 Å². The van der Waals surface area contributed by atoms with Crippen LogP contribution in [0.15, 0.2) is 30.6 Å². The zero-order valence-electron chi connectivity index (χ0n) is 13.2. The summed E-state index contributed by atoms with van der Waals surface area (Å²) in [7, 11) is 0. The van der Waals surface area contributed by atoms with Gasteiger partial charge in [0.15, 0.2) is 5.82 Å². The van der Waals surface area contributed by atoms with Crippen LogP contribution in [0.5, 0.6) is 5.75 Å². The molecule has 138 valence electrons. The zero-order valence-corrected chi connectivity index (χ0v) is 13.2. The van der Waals surface area contributed by atoms with Gasteiger partial charge in [0.25, 0.3) is 0 Å². The van der Waals surface area contributed by atoms with Crippen molar-refractivity contribution in [1.82, 2.24) is 19.7 Å². The Hall–Kier alpha value is -3.11. The Morgan fingerprint density at radius 2 is 1.96 bits per heavy atom. The third kappa shape index (κ3) is 3.92. The van der Waals surface area contributed by atoms with Gasteiger partial charge in [0.05, 0.1) is 19.5 Å². The van der Waals surface area contributed by atoms with E-state index in [1.165, 1.54) is 23.4 Å². The second-order valence-electron chi connectivity index (χ2n) is 5.64. The Kier molecular flexibility index (Phi) is 4.53. The van der Waals surface area contributed by atoms with E-state index in [4.69, 9.17) is 0 Å². The average Bonchev–Trinajstić information content (AvgIpc) is 3.01. The Morgan fingerprint density at radius 1 is 1.27 bits per heavy atom. The number of carbonyl (C=O) groups excluding carboxylic acids is 1. The second kappa shape index (κ2) is 6.65. The predicted molar refractivity (Wildman–Crippen MR) is 78.8 cm³/mol. The molecule has 1 aliphatic heterocycles. The summed E-state index contributed by atoms with van der Waals surface area (Å²) in [6.45, 7) is 0.0207. The normalized spacial score (nSPS) is 16.9. The molecule has 0 saturated heterocycles. The van der Waals surface area contributed by atoms with Crippen molar-refractivity contribution in [3.63, 3.8) is 0 Å². The molecule has 8 nitrogen and oxygen atoms in total. The molecule has 1 unspecified atom stereocenters. The van der Waals surface area contributed by atoms with Crippen LogP contribution in [0.2, 0.25) is 0 Å². The highest BCUT2D eigenvalue weighted by Gasteiger charge is 2.35. The highest BCUT2D eigenvalue weighted by Crippen LogP contribution is 2.23. The molecule has 0 aliphatic carbocycles. The summed E-state index contributed by atoms with van der Waals surface area (Å²) in [4.78, 5) is 25.2. The Balaban J connectivity index is 1.71. The SMILES string of the molecule is O=C(O)C1Cn2cnnc2CN1C(=O)Cc1ccc(OC(F)(F)F)cc1. The van der Waals surface area contributed by atoms with Gasteiger partial charge in [0.2, 0.25) is 5.91 Å². The molecule has 2 aromatic rings. The molecule has 3 rings (SSSR count). The number of halogens is 3. The van der Waals surface area contributed by atoms with Gasteiger partial charge in [0.1, 0.15) is 18.1 Å². The monoisotopic (exact) mass is 370 g/mol. The number of carboxylic acid groups (broad SMARTS) is 1. The number of fused-ring (bicyclic) bond motifs is 1. The quantitative estimate of drug-likeness (QED) is 0.869. The summed E-state index contributed by atoms with van der Waals surface area (Å²) >= 11 is 0. The Morgan fingerprint density at radius 3 is 2.58 bits per heavy atom. The molecule has 0 spiro atoms. The van der Waals surface area contributed by atoms with Crippen LogP contribution >= 0.6 is 0 Å². The van der Waals surface area contributed by atoms with E-state index < -0.39 is 30.0 Å². The fraction of sp³-hybridized carbons (Fsp3) is 0.333. The summed E-state index contributed by atoms with van der Waals surface area (Å²) in [5, 5.41) is 16.9. The number of rotatable bonds is 4. The van der Waals surface area contributed by atoms with Crippen LogP contribution in [-0.4, -0.2) is 49.1 Å². The second-order valence-corrected chi connectivity index (χ2v) is 5.64. The fourth-order valence-corrected chi connectivity index (χ4v) is 2.66. The number of benzene rings is 1. The number of aliphatic carboxylic acids is 1. The zero-order chi connectivity index (χ0) is 18.9. The van der Waals surface area contributed by atoms with Crippen LogP contribution < -0.4 is 4.74 Å². The molecule has 0 fully saturated rings. The summed E-state index contributed by atoms with van der Waals surface area (Å²) in [5.41, 5.74) is 0.431. The van der Waals surface area contributed by atoms with E-state index in [0.717, 1.165) is 12.1 Å². The summed E-state index contributed by atoms with van der Waals surface area (Å²) in [5.74, 6) is -1.57. The van der Waals surface area contributed by atoms with Crippen LogP contribution in [0.3, 0.4) is 0 Å². The lowest BCUT2D eigenvalue weighted by atomic mass is 10.1. The van der Waals surface area contributed by atoms with Crippen molar-refractivity contribution >= 4 is 11.9 Å². The number of aromatic nitrogens is 3. The Labute approximate surface area is 144 Å². The number of ether oxygens (including phenoxy) is 1. The molecule has 1 atom stereocenters. The maximum atomic E-state index is 12.5. The fourth-order valence-electron chi connectivity index (χ4n) is 2.66. The van der Waals surface area contributed by atoms with Crippen molar-refractivity contribution in [2.75, 3.05) is 0 Å². The minimum atomic E-state index is -4.80. The van der Waals surface area contributed by atoms with E-state index in [-0.39, 0.29) is 19.5 Å². The number of nitrogens with zero attached hydrogens (tertiary/aromatic N) is 4. The van der Waals surface area contributed by atoms with Crippen molar-refractivity contribution < 1.29 is 32.6 Å². The van der Waals surface area contributed by atoms with Gasteiger partial charge in [0, 0.05) is 0 Å². The van der Waals surface area contributed by atoms with E-state index in [1.807, 2.05) is 0 Å². The molecule has 2 heterocycles. The van der Waals surface area contributed by atoms with E-state index in [1.54, 1.807) is 4.57 Å². The Bertz CT molecular complexity index is 819. The average molecular weight is 370 g/mol. The smallest absolute Gasteiger partial charge is 0.480 e. The maximum Gasteiger partial charge on any atom is 0.573 e. The van der Waals surface area contributed by atoms with Crippen LogP contribution in [0.4, 0.5) is 13.2 Å². The molecule has 0 radical (unpaired) electrons. The lowest BCUT2D eigenvalue weighted by Crippen LogP contribution is -2.51. The lowest BCUT2D eigenvalue weighted by Gasteiger charge is -2.33. The largest absolute Gasteiger partial charge is 0.573 e. The van der Waals surface area contributed by atoms with Crippen molar-refractivity contribution in [3.8, 4) is 5.75 Å². The molecule has 26 heavy (non-hydrogen) atoms. The molecule has 1 aromatic heterocycles. The van der Waals surface area contributed by atoms with E-state index in [2.05, 4.69) is 14.9 Å². The van der Waals surface area contributed by atoms with Gasteiger partial charge in [-0.3, -0.25) is 4.79 Å². The molecule has 11 heteroatoms. The van der Waals surface area contributed by atoms with Crippen molar-refractivity contribution in [3.05, 3.63) is 42.0 Å². The lowest BCUT2D eigenvalue weighted by molar-refractivity contribution is -0.274. The van der Waals surface area contributed by atoms with Gasteiger partial charge in [-0.25, -0.2) is 4.79 Å². The topological polar surface area (TPSA) is 97.5 Å². The van der Waals surface area contributed by atoms with Crippen molar-refractivity contribution in [1.29, 1.82) is 0 Å². The van der Waals surface area contributed by atoms with Crippen LogP contribution in [0, 0.1) is 0 Å². The summed E-state index contributed by atoms with van der Waals surface area (Å²) < 4.78 is 41.8. The molecular weight excluding hydrogens is 357 g/mol. The number of amides is 1. The molecule has 1 N–H and O–H groups in total. The molecular formula is C15H13F3N4O4. The first-order valence-corrected chi connectivity index (χ1v) is 7.46. The van der Waals surface area contributed by atoms with Crippen LogP contribution in [0.1, 0.15) is 11.4 Å². The van der Waals surface area contributed by atoms with Crippen molar-refractivity contribution in [2.24, 2.45) is 0 Å². The first-order valence-electron chi connectivity index (χ1n) is 7.46. The highest BCUT2D eigenvalue weighted by molar-refractivity contribution is 5.85. The third-order valence-corrected chi connectivity index (χ3v) is 3.87. The standard InChI is InChI=1S/C15H13F3N4O4/c16-15(17,18)26-10-3-1-9(2-4-10)5-13(23)22-7-12-20-19-8-21(12)6-11(22)14(24)25/h1-4,8,11H,5-7H2,(H,24,25). The van der Waals surface area contributed by atoms with E-state index >= 15 is 0 Å². The first kappa shape index (κ1) is 17.7. The van der Waals surface area contributed by atoms with Gasteiger partial charge < -0.3 is 19.3 Å². The maximum absolute atomic E-state index is 12.5. The number of hydrogen-bond donors (Lipinski definition) is 1. The first-order chi connectivity index (χ1) is 12.2. The minimum absolute atomic E-state index is 0.00886. The molecule has 0 saturated carbocycles. The molecule has 1 amide bonds. The number of hydrogen-bond acceptors (Lipinski definition) is 5. The summed E-state index contributed by atoms with van der Waals surface area (Å²) in [6.07, 6.45) is -3.56. The number of carboxylic acids is 1. The predicted octanol–water partition coefficient (Wildman–Crippen LogP) is 1.21. The van der Waals surface area contributed by atoms with Crippen LogP contribution in [0.25, 0.3) is 0 Å². The van der Waals surface area contributed by atoms with E-state index in [0.29, 0.717) is 11.4 Å². The minimum Gasteiger partial charge on any atom is -0.480 e. The van der Waals surface area contributed by atoms with Gasteiger partial charge in [-0.15, -0.1) is 23.4 Å².